The van der Waals surface area contributed by atoms with E-state index in [-0.39, 0.29) is 11.3 Å². The Hall–Kier alpha value is -2.43. The van der Waals surface area contributed by atoms with E-state index in [2.05, 4.69) is 0 Å². The Labute approximate surface area is 103 Å². The molecule has 0 bridgehead atoms. The Kier molecular flexibility index (Phi) is 3.23. The summed E-state index contributed by atoms with van der Waals surface area (Å²) in [5.74, 6) is 0.129. The summed E-state index contributed by atoms with van der Waals surface area (Å²) in [6.45, 7) is 0. The van der Waals surface area contributed by atoms with Gasteiger partial charge in [-0.2, -0.15) is 0 Å². The summed E-state index contributed by atoms with van der Waals surface area (Å²) >= 11 is 0. The minimum atomic E-state index is -0.529. The maximum atomic E-state index is 13.2. The largest absolute Gasteiger partial charge is 0.497 e. The second kappa shape index (κ2) is 4.83. The van der Waals surface area contributed by atoms with Gasteiger partial charge in [0.15, 0.2) is 0 Å². The molecule has 0 aliphatic heterocycles. The van der Waals surface area contributed by atoms with Crippen molar-refractivity contribution >= 4 is 5.69 Å². The van der Waals surface area contributed by atoms with Gasteiger partial charge in [0, 0.05) is 6.07 Å². The van der Waals surface area contributed by atoms with Gasteiger partial charge < -0.3 is 4.74 Å². The summed E-state index contributed by atoms with van der Waals surface area (Å²) in [6.07, 6.45) is 0. The summed E-state index contributed by atoms with van der Waals surface area (Å²) in [7, 11) is 1.53. The molecule has 4 nitrogen and oxygen atoms in total. The van der Waals surface area contributed by atoms with Crippen LogP contribution in [0.2, 0.25) is 0 Å². The second-order valence-corrected chi connectivity index (χ2v) is 3.65. The smallest absolute Gasteiger partial charge is 0.277 e. The molecule has 2 aromatic carbocycles. The van der Waals surface area contributed by atoms with E-state index in [1.54, 1.807) is 24.3 Å². The molecule has 0 unspecified atom stereocenters. The zero-order valence-corrected chi connectivity index (χ0v) is 9.59. The Morgan fingerprint density at radius 1 is 1.17 bits per heavy atom. The molecule has 5 heteroatoms. The van der Waals surface area contributed by atoms with E-state index < -0.39 is 10.7 Å². The Bertz CT molecular complexity index is 581. The first-order valence-corrected chi connectivity index (χ1v) is 5.20. The number of hydrogen-bond donors (Lipinski definition) is 0. The molecule has 0 heterocycles. The van der Waals surface area contributed by atoms with E-state index in [0.29, 0.717) is 11.3 Å². The first-order chi connectivity index (χ1) is 8.61. The van der Waals surface area contributed by atoms with Crippen molar-refractivity contribution in [3.8, 4) is 16.9 Å². The molecule has 18 heavy (non-hydrogen) atoms. The SMILES string of the molecule is COc1ccc(-c2cc(F)ccc2[N+](=O)[O-])cc1. The lowest BCUT2D eigenvalue weighted by molar-refractivity contribution is -0.384. The van der Waals surface area contributed by atoms with E-state index in [0.717, 1.165) is 18.2 Å². The highest BCUT2D eigenvalue weighted by Gasteiger charge is 2.15. The van der Waals surface area contributed by atoms with E-state index in [1.807, 2.05) is 0 Å². The highest BCUT2D eigenvalue weighted by Crippen LogP contribution is 2.31. The van der Waals surface area contributed by atoms with Crippen molar-refractivity contribution < 1.29 is 14.1 Å². The van der Waals surface area contributed by atoms with Crippen LogP contribution in [0.3, 0.4) is 0 Å². The van der Waals surface area contributed by atoms with Crippen LogP contribution in [0.5, 0.6) is 5.75 Å². The predicted molar refractivity (Wildman–Crippen MR) is 65.0 cm³/mol. The molecule has 0 fully saturated rings. The minimum Gasteiger partial charge on any atom is -0.497 e. The zero-order chi connectivity index (χ0) is 13.1. The van der Waals surface area contributed by atoms with E-state index in [9.17, 15) is 14.5 Å². The highest BCUT2D eigenvalue weighted by molar-refractivity contribution is 5.73. The van der Waals surface area contributed by atoms with Crippen LogP contribution in [0, 0.1) is 15.9 Å². The molecule has 2 aromatic rings. The van der Waals surface area contributed by atoms with E-state index >= 15 is 0 Å². The van der Waals surface area contributed by atoms with E-state index in [1.165, 1.54) is 7.11 Å². The van der Waals surface area contributed by atoms with Crippen LogP contribution >= 0.6 is 0 Å². The number of ether oxygens (including phenoxy) is 1. The summed E-state index contributed by atoms with van der Waals surface area (Å²) in [6, 6.07) is 10.0. The molecule has 92 valence electrons. The number of rotatable bonds is 3. The summed E-state index contributed by atoms with van der Waals surface area (Å²) < 4.78 is 18.2. The fourth-order valence-corrected chi connectivity index (χ4v) is 1.67. The Balaban J connectivity index is 2.54. The average molecular weight is 247 g/mol. The molecule has 0 saturated carbocycles. The third-order valence-corrected chi connectivity index (χ3v) is 2.56. The molecule has 0 aromatic heterocycles. The Morgan fingerprint density at radius 2 is 1.83 bits per heavy atom. The number of methoxy groups -OCH3 is 1. The molecule has 0 N–H and O–H groups in total. The normalized spacial score (nSPS) is 10.1. The number of nitro groups is 1. The van der Waals surface area contributed by atoms with Crippen LogP contribution in [-0.4, -0.2) is 12.0 Å². The van der Waals surface area contributed by atoms with Crippen LogP contribution in [0.1, 0.15) is 0 Å². The zero-order valence-electron chi connectivity index (χ0n) is 9.59. The average Bonchev–Trinajstić information content (AvgIpc) is 2.38. The standard InChI is InChI=1S/C13H10FNO3/c1-18-11-5-2-9(3-6-11)12-8-10(14)4-7-13(12)15(16)17/h2-8H,1H3. The van der Waals surface area contributed by atoms with Gasteiger partial charge in [-0.3, -0.25) is 10.1 Å². The van der Waals surface area contributed by atoms with Crippen molar-refractivity contribution in [1.29, 1.82) is 0 Å². The molecule has 0 spiro atoms. The third-order valence-electron chi connectivity index (χ3n) is 2.56. The molecule has 0 saturated heterocycles. The van der Waals surface area contributed by atoms with Gasteiger partial charge in [0.1, 0.15) is 11.6 Å². The Morgan fingerprint density at radius 3 is 2.39 bits per heavy atom. The van der Waals surface area contributed by atoms with Crippen molar-refractivity contribution in [1.82, 2.24) is 0 Å². The van der Waals surface area contributed by atoms with E-state index in [4.69, 9.17) is 4.74 Å². The van der Waals surface area contributed by atoms with Crippen molar-refractivity contribution in [3.05, 3.63) is 58.4 Å². The molecule has 0 aliphatic carbocycles. The second-order valence-electron chi connectivity index (χ2n) is 3.65. The number of nitro benzene ring substituents is 1. The molecule has 0 atom stereocenters. The van der Waals surface area contributed by atoms with Crippen molar-refractivity contribution in [3.63, 3.8) is 0 Å². The minimum absolute atomic E-state index is 0.124. The molecular formula is C13H10FNO3. The van der Waals surface area contributed by atoms with Gasteiger partial charge in [0.05, 0.1) is 17.6 Å². The highest BCUT2D eigenvalue weighted by atomic mass is 19.1. The molecular weight excluding hydrogens is 237 g/mol. The molecule has 0 radical (unpaired) electrons. The maximum absolute atomic E-state index is 13.2. The van der Waals surface area contributed by atoms with Crippen molar-refractivity contribution in [2.75, 3.05) is 7.11 Å². The number of nitrogens with zero attached hydrogens (tertiary/aromatic N) is 1. The molecule has 0 aliphatic rings. The lowest BCUT2D eigenvalue weighted by atomic mass is 10.0. The summed E-state index contributed by atoms with van der Waals surface area (Å²) in [4.78, 5) is 10.4. The topological polar surface area (TPSA) is 52.4 Å². The quantitative estimate of drug-likeness (QED) is 0.617. The monoisotopic (exact) mass is 247 g/mol. The number of benzene rings is 2. The van der Waals surface area contributed by atoms with Crippen LogP contribution in [-0.2, 0) is 0 Å². The van der Waals surface area contributed by atoms with Gasteiger partial charge in [-0.1, -0.05) is 12.1 Å². The van der Waals surface area contributed by atoms with Crippen LogP contribution in [0.25, 0.3) is 11.1 Å². The summed E-state index contributed by atoms with van der Waals surface area (Å²) in [5, 5.41) is 10.9. The third kappa shape index (κ3) is 2.29. The number of halogens is 1. The fraction of sp³-hybridized carbons (Fsp3) is 0.0769. The van der Waals surface area contributed by atoms with Crippen LogP contribution < -0.4 is 4.74 Å². The van der Waals surface area contributed by atoms with Gasteiger partial charge in [-0.25, -0.2) is 4.39 Å². The maximum Gasteiger partial charge on any atom is 0.277 e. The van der Waals surface area contributed by atoms with Gasteiger partial charge in [0.25, 0.3) is 5.69 Å². The summed E-state index contributed by atoms with van der Waals surface area (Å²) in [5.41, 5.74) is 0.700. The first kappa shape index (κ1) is 12.0. The van der Waals surface area contributed by atoms with Crippen molar-refractivity contribution in [2.45, 2.75) is 0 Å². The van der Waals surface area contributed by atoms with Crippen LogP contribution in [0.15, 0.2) is 42.5 Å². The molecule has 0 amide bonds. The predicted octanol–water partition coefficient (Wildman–Crippen LogP) is 3.41. The lowest BCUT2D eigenvalue weighted by Gasteiger charge is -2.05. The first-order valence-electron chi connectivity index (χ1n) is 5.20. The van der Waals surface area contributed by atoms with Gasteiger partial charge in [-0.15, -0.1) is 0 Å². The van der Waals surface area contributed by atoms with Gasteiger partial charge >= 0.3 is 0 Å². The van der Waals surface area contributed by atoms with Gasteiger partial charge in [0.2, 0.25) is 0 Å². The van der Waals surface area contributed by atoms with Crippen LogP contribution in [0.4, 0.5) is 10.1 Å². The van der Waals surface area contributed by atoms with Crippen molar-refractivity contribution in [2.24, 2.45) is 0 Å². The molecule has 2 rings (SSSR count). The fourth-order valence-electron chi connectivity index (χ4n) is 1.67. The van der Waals surface area contributed by atoms with Gasteiger partial charge in [-0.05, 0) is 29.8 Å². The lowest BCUT2D eigenvalue weighted by Crippen LogP contribution is -1.93. The number of hydrogen-bond acceptors (Lipinski definition) is 3.